The zero-order valence-electron chi connectivity index (χ0n) is 9.99. The molecular weight excluding hydrogens is 204 g/mol. The molecule has 0 saturated carbocycles. The number of carbonyl (C=O) groups is 1. The maximum absolute atomic E-state index is 12.3. The molecule has 0 atom stereocenters. The highest BCUT2D eigenvalue weighted by Crippen LogP contribution is 2.19. The number of hydrogen-bond donors (Lipinski definition) is 0. The zero-order chi connectivity index (χ0) is 11.4. The van der Waals surface area contributed by atoms with Crippen molar-refractivity contribution in [3.8, 4) is 0 Å². The molecular formula is C12H22N2O2. The van der Waals surface area contributed by atoms with E-state index in [1.165, 1.54) is 19.3 Å². The molecule has 2 fully saturated rings. The van der Waals surface area contributed by atoms with E-state index in [9.17, 15) is 10.0 Å². The number of likely N-dealkylation sites (tertiary alicyclic amines) is 2. The summed E-state index contributed by atoms with van der Waals surface area (Å²) in [4.78, 5) is 14.2. The molecule has 0 aliphatic carbocycles. The van der Waals surface area contributed by atoms with Crippen LogP contribution in [0.5, 0.6) is 0 Å². The number of carbonyl (C=O) groups excluding carboxylic acids is 1. The van der Waals surface area contributed by atoms with Gasteiger partial charge in [0.25, 0.3) is 0 Å². The molecule has 2 aliphatic heterocycles. The van der Waals surface area contributed by atoms with Crippen molar-refractivity contribution >= 4 is 5.91 Å². The molecule has 0 radical (unpaired) electrons. The largest absolute Gasteiger partial charge is 0.625 e. The number of hydrogen-bond acceptors (Lipinski definition) is 3. The van der Waals surface area contributed by atoms with Gasteiger partial charge >= 0.3 is 5.91 Å². The third-order valence-corrected chi connectivity index (χ3v) is 3.80. The van der Waals surface area contributed by atoms with Crippen LogP contribution < -0.4 is 0 Å². The maximum Gasteiger partial charge on any atom is 0.327 e. The van der Waals surface area contributed by atoms with Crippen molar-refractivity contribution in [3.05, 3.63) is 5.21 Å². The molecule has 0 unspecified atom stereocenters. The van der Waals surface area contributed by atoms with Gasteiger partial charge in [-0.2, -0.15) is 0 Å². The van der Waals surface area contributed by atoms with Gasteiger partial charge in [0, 0.05) is 0 Å². The van der Waals surface area contributed by atoms with Crippen LogP contribution in [0, 0.1) is 5.21 Å². The maximum atomic E-state index is 12.3. The van der Waals surface area contributed by atoms with E-state index in [2.05, 4.69) is 4.90 Å². The molecule has 1 amide bonds. The molecule has 92 valence electrons. The second-order valence-electron chi connectivity index (χ2n) is 5.13. The van der Waals surface area contributed by atoms with E-state index in [-0.39, 0.29) is 5.91 Å². The molecule has 0 aromatic heterocycles. The molecule has 4 nitrogen and oxygen atoms in total. The van der Waals surface area contributed by atoms with Gasteiger partial charge in [0.1, 0.15) is 6.54 Å². The van der Waals surface area contributed by atoms with Crippen molar-refractivity contribution in [2.45, 2.75) is 38.5 Å². The Morgan fingerprint density at radius 1 is 1.00 bits per heavy atom. The molecule has 4 heteroatoms. The number of amides is 1. The van der Waals surface area contributed by atoms with E-state index in [0.29, 0.717) is 19.6 Å². The van der Waals surface area contributed by atoms with Crippen molar-refractivity contribution in [2.24, 2.45) is 0 Å². The normalized spacial score (nSPS) is 26.6. The lowest BCUT2D eigenvalue weighted by Crippen LogP contribution is -2.55. The standard InChI is InChI=1S/C12H22N2O2/c15-12(11-13-7-3-1-4-8-13)14(16)9-5-2-6-10-14/h1-11H2. The van der Waals surface area contributed by atoms with Gasteiger partial charge in [0.15, 0.2) is 0 Å². The topological polar surface area (TPSA) is 43.4 Å². The van der Waals surface area contributed by atoms with Crippen LogP contribution in [0.25, 0.3) is 0 Å². The van der Waals surface area contributed by atoms with E-state index in [0.717, 1.165) is 32.4 Å². The quantitative estimate of drug-likeness (QED) is 0.529. The summed E-state index contributed by atoms with van der Waals surface area (Å²) in [6, 6.07) is 0. The first kappa shape index (κ1) is 12.0. The molecule has 0 N–H and O–H groups in total. The minimum Gasteiger partial charge on any atom is -0.625 e. The van der Waals surface area contributed by atoms with E-state index < -0.39 is 4.65 Å². The van der Waals surface area contributed by atoms with Crippen molar-refractivity contribution in [3.63, 3.8) is 0 Å². The molecule has 0 aromatic carbocycles. The summed E-state index contributed by atoms with van der Waals surface area (Å²) in [5, 5.41) is 12.3. The van der Waals surface area contributed by atoms with Crippen molar-refractivity contribution in [2.75, 3.05) is 32.7 Å². The monoisotopic (exact) mass is 226 g/mol. The van der Waals surface area contributed by atoms with Gasteiger partial charge in [0.2, 0.25) is 0 Å². The third kappa shape index (κ3) is 2.81. The van der Waals surface area contributed by atoms with Gasteiger partial charge in [-0.15, -0.1) is 0 Å². The summed E-state index contributed by atoms with van der Waals surface area (Å²) in [5.41, 5.74) is 0. The summed E-state index contributed by atoms with van der Waals surface area (Å²) in [5.74, 6) is -0.110. The molecule has 0 aromatic rings. The summed E-state index contributed by atoms with van der Waals surface area (Å²) < 4.78 is -0.559. The van der Waals surface area contributed by atoms with Crippen LogP contribution in [0.4, 0.5) is 0 Å². The first-order valence-corrected chi connectivity index (χ1v) is 6.54. The van der Waals surface area contributed by atoms with Crippen LogP contribution in [-0.2, 0) is 4.79 Å². The summed E-state index contributed by atoms with van der Waals surface area (Å²) in [6.07, 6.45) is 6.55. The SMILES string of the molecule is O=C(CN1CCCCC1)[N+]1([O-])CCCCC1. The first-order chi connectivity index (χ1) is 7.71. The van der Waals surface area contributed by atoms with E-state index >= 15 is 0 Å². The summed E-state index contributed by atoms with van der Waals surface area (Å²) >= 11 is 0. The van der Waals surface area contributed by atoms with Gasteiger partial charge in [0.05, 0.1) is 13.1 Å². The molecule has 2 rings (SSSR count). The molecule has 2 aliphatic rings. The van der Waals surface area contributed by atoms with Crippen molar-refractivity contribution in [1.29, 1.82) is 0 Å². The minimum absolute atomic E-state index is 0.110. The zero-order valence-corrected chi connectivity index (χ0v) is 9.99. The van der Waals surface area contributed by atoms with Crippen LogP contribution in [0.2, 0.25) is 0 Å². The lowest BCUT2D eigenvalue weighted by molar-refractivity contribution is -0.809. The third-order valence-electron chi connectivity index (χ3n) is 3.80. The fraction of sp³-hybridized carbons (Fsp3) is 0.917. The number of rotatable bonds is 2. The van der Waals surface area contributed by atoms with Crippen LogP contribution in [0.3, 0.4) is 0 Å². The van der Waals surface area contributed by atoms with E-state index in [4.69, 9.17) is 0 Å². The van der Waals surface area contributed by atoms with Crippen molar-refractivity contribution in [1.82, 2.24) is 4.90 Å². The fourth-order valence-corrected chi connectivity index (χ4v) is 2.71. The van der Waals surface area contributed by atoms with Crippen LogP contribution in [0.1, 0.15) is 38.5 Å². The fourth-order valence-electron chi connectivity index (χ4n) is 2.71. The molecule has 2 saturated heterocycles. The molecule has 0 bridgehead atoms. The lowest BCUT2D eigenvalue weighted by Gasteiger charge is -2.43. The van der Waals surface area contributed by atoms with E-state index in [1.807, 2.05) is 0 Å². The Hall–Kier alpha value is -0.450. The van der Waals surface area contributed by atoms with Gasteiger partial charge in [-0.1, -0.05) is 6.42 Å². The Bertz CT molecular complexity index is 243. The summed E-state index contributed by atoms with van der Waals surface area (Å²) in [6.45, 7) is 3.38. The summed E-state index contributed by atoms with van der Waals surface area (Å²) in [7, 11) is 0. The van der Waals surface area contributed by atoms with Gasteiger partial charge in [-0.3, -0.25) is 9.55 Å². The smallest absolute Gasteiger partial charge is 0.327 e. The Labute approximate surface area is 97.4 Å². The highest BCUT2D eigenvalue weighted by molar-refractivity contribution is 5.71. The molecule has 2 heterocycles. The number of quaternary nitrogens is 1. The second-order valence-corrected chi connectivity index (χ2v) is 5.13. The Morgan fingerprint density at radius 3 is 2.19 bits per heavy atom. The highest BCUT2D eigenvalue weighted by Gasteiger charge is 2.30. The van der Waals surface area contributed by atoms with Gasteiger partial charge in [-0.05, 0) is 45.2 Å². The Morgan fingerprint density at radius 2 is 1.56 bits per heavy atom. The number of hydroxylamine groups is 3. The number of piperidine rings is 2. The molecule has 16 heavy (non-hydrogen) atoms. The van der Waals surface area contributed by atoms with Crippen LogP contribution >= 0.6 is 0 Å². The Balaban J connectivity index is 1.85. The van der Waals surface area contributed by atoms with Gasteiger partial charge < -0.3 is 5.21 Å². The number of nitrogens with zero attached hydrogens (tertiary/aromatic N) is 2. The van der Waals surface area contributed by atoms with Crippen molar-refractivity contribution < 1.29 is 9.44 Å². The first-order valence-electron chi connectivity index (χ1n) is 6.54. The Kier molecular flexibility index (Phi) is 3.95. The average molecular weight is 226 g/mol. The van der Waals surface area contributed by atoms with Crippen LogP contribution in [-0.4, -0.2) is 48.2 Å². The predicted octanol–water partition coefficient (Wildman–Crippen LogP) is 1.50. The average Bonchev–Trinajstić information content (AvgIpc) is 2.31. The predicted molar refractivity (Wildman–Crippen MR) is 62.5 cm³/mol. The second kappa shape index (κ2) is 5.25. The highest BCUT2D eigenvalue weighted by atomic mass is 16.6. The van der Waals surface area contributed by atoms with Crippen LogP contribution in [0.15, 0.2) is 0 Å². The van der Waals surface area contributed by atoms with Gasteiger partial charge in [-0.25, -0.2) is 4.79 Å². The lowest BCUT2D eigenvalue weighted by atomic mass is 10.1. The minimum atomic E-state index is -0.559. The van der Waals surface area contributed by atoms with E-state index in [1.54, 1.807) is 0 Å². The molecule has 0 spiro atoms.